The van der Waals surface area contributed by atoms with E-state index >= 15 is 0 Å². The third kappa shape index (κ3) is 4.64. The lowest BCUT2D eigenvalue weighted by molar-refractivity contribution is -0.137. The largest absolute Gasteiger partial charge is 0.481 e. The van der Waals surface area contributed by atoms with Crippen LogP contribution in [0.1, 0.15) is 33.6 Å². The fourth-order valence-electron chi connectivity index (χ4n) is 1.54. The van der Waals surface area contributed by atoms with E-state index in [1.807, 2.05) is 6.92 Å². The van der Waals surface area contributed by atoms with Gasteiger partial charge in [-0.05, 0) is 27.2 Å². The molecule has 19 heavy (non-hydrogen) atoms. The van der Waals surface area contributed by atoms with Crippen LogP contribution in [0.2, 0.25) is 0 Å². The number of aryl methyl sites for hydroxylation is 1. The Labute approximate surface area is 112 Å². The first-order valence-corrected chi connectivity index (χ1v) is 7.42. The number of nitrogens with one attached hydrogen (secondary N) is 1. The molecule has 0 saturated heterocycles. The number of nitrogens with zero attached hydrogens (tertiary/aromatic N) is 2. The molecule has 1 rings (SSSR count). The second-order valence-corrected chi connectivity index (χ2v) is 6.55. The fourth-order valence-corrected chi connectivity index (χ4v) is 2.93. The number of hydrogen-bond acceptors (Lipinski definition) is 4. The zero-order valence-electron chi connectivity index (χ0n) is 11.3. The Morgan fingerprint density at radius 3 is 2.63 bits per heavy atom. The standard InChI is InChI=1S/C11H19N3O4S/c1-4-14-7-9(12-8-14)19(17,18)13-11(2,3)6-5-10(15)16/h7-8,13H,4-6H2,1-3H3,(H,15,16). The van der Waals surface area contributed by atoms with E-state index in [0.717, 1.165) is 0 Å². The van der Waals surface area contributed by atoms with Crippen LogP contribution in [0.4, 0.5) is 0 Å². The van der Waals surface area contributed by atoms with Gasteiger partial charge in [-0.15, -0.1) is 0 Å². The summed E-state index contributed by atoms with van der Waals surface area (Å²) >= 11 is 0. The molecular weight excluding hydrogens is 270 g/mol. The van der Waals surface area contributed by atoms with Gasteiger partial charge in [0.1, 0.15) is 0 Å². The normalized spacial score (nSPS) is 12.6. The van der Waals surface area contributed by atoms with E-state index in [4.69, 9.17) is 5.11 Å². The highest BCUT2D eigenvalue weighted by molar-refractivity contribution is 7.89. The van der Waals surface area contributed by atoms with E-state index in [9.17, 15) is 13.2 Å². The van der Waals surface area contributed by atoms with E-state index < -0.39 is 21.5 Å². The Balaban J connectivity index is 2.81. The number of rotatable bonds is 7. The van der Waals surface area contributed by atoms with E-state index in [0.29, 0.717) is 6.54 Å². The number of carboxylic acids is 1. The summed E-state index contributed by atoms with van der Waals surface area (Å²) in [6.07, 6.45) is 2.99. The molecular formula is C11H19N3O4S. The van der Waals surface area contributed by atoms with Crippen LogP contribution in [0.5, 0.6) is 0 Å². The minimum Gasteiger partial charge on any atom is -0.481 e. The number of aromatic nitrogens is 2. The van der Waals surface area contributed by atoms with Gasteiger partial charge >= 0.3 is 5.97 Å². The molecule has 0 aromatic carbocycles. The molecule has 0 aliphatic rings. The number of carbonyl (C=O) groups is 1. The van der Waals surface area contributed by atoms with Crippen LogP contribution in [-0.4, -0.2) is 34.6 Å². The van der Waals surface area contributed by atoms with Gasteiger partial charge in [0.2, 0.25) is 0 Å². The van der Waals surface area contributed by atoms with Crippen LogP contribution in [-0.2, 0) is 21.4 Å². The van der Waals surface area contributed by atoms with Gasteiger partial charge in [-0.25, -0.2) is 18.1 Å². The molecule has 0 unspecified atom stereocenters. The highest BCUT2D eigenvalue weighted by Crippen LogP contribution is 2.16. The van der Waals surface area contributed by atoms with Gasteiger partial charge in [-0.2, -0.15) is 0 Å². The third-order valence-electron chi connectivity index (χ3n) is 2.62. The molecule has 0 radical (unpaired) electrons. The maximum atomic E-state index is 12.1. The Kier molecular flexibility index (Phi) is 4.70. The highest BCUT2D eigenvalue weighted by Gasteiger charge is 2.28. The van der Waals surface area contributed by atoms with Gasteiger partial charge in [0, 0.05) is 24.7 Å². The average Bonchev–Trinajstić information content (AvgIpc) is 2.74. The quantitative estimate of drug-likeness (QED) is 0.774. The molecule has 8 heteroatoms. The Hall–Kier alpha value is -1.41. The summed E-state index contributed by atoms with van der Waals surface area (Å²) in [6, 6.07) is 0. The molecule has 0 saturated carbocycles. The van der Waals surface area contributed by atoms with Crippen LogP contribution >= 0.6 is 0 Å². The van der Waals surface area contributed by atoms with Crippen molar-refractivity contribution < 1.29 is 18.3 Å². The van der Waals surface area contributed by atoms with Crippen LogP contribution < -0.4 is 4.72 Å². The molecule has 7 nitrogen and oxygen atoms in total. The second kappa shape index (κ2) is 5.70. The summed E-state index contributed by atoms with van der Waals surface area (Å²) in [7, 11) is -3.73. The summed E-state index contributed by atoms with van der Waals surface area (Å²) in [5.74, 6) is -0.956. The summed E-state index contributed by atoms with van der Waals surface area (Å²) in [6.45, 7) is 5.79. The smallest absolute Gasteiger partial charge is 0.303 e. The van der Waals surface area contributed by atoms with Crippen LogP contribution in [0.25, 0.3) is 0 Å². The minimum atomic E-state index is -3.73. The SMILES string of the molecule is CCn1cnc(S(=O)(=O)NC(C)(C)CCC(=O)O)c1. The fraction of sp³-hybridized carbons (Fsp3) is 0.636. The van der Waals surface area contributed by atoms with Crippen molar-refractivity contribution in [3.05, 3.63) is 12.5 Å². The lowest BCUT2D eigenvalue weighted by Crippen LogP contribution is -2.43. The van der Waals surface area contributed by atoms with Crippen molar-refractivity contribution in [3.63, 3.8) is 0 Å². The molecule has 1 aromatic heterocycles. The number of carboxylic acid groups (broad SMARTS) is 1. The Morgan fingerprint density at radius 1 is 1.53 bits per heavy atom. The molecule has 1 heterocycles. The molecule has 108 valence electrons. The van der Waals surface area contributed by atoms with E-state index in [1.165, 1.54) is 12.5 Å². The maximum Gasteiger partial charge on any atom is 0.303 e. The van der Waals surface area contributed by atoms with Crippen molar-refractivity contribution in [1.82, 2.24) is 14.3 Å². The van der Waals surface area contributed by atoms with Gasteiger partial charge in [0.15, 0.2) is 5.03 Å². The Morgan fingerprint density at radius 2 is 2.16 bits per heavy atom. The Bertz CT molecular complexity index is 548. The highest BCUT2D eigenvalue weighted by atomic mass is 32.2. The third-order valence-corrected chi connectivity index (χ3v) is 4.21. The summed E-state index contributed by atoms with van der Waals surface area (Å²) in [5.41, 5.74) is -0.840. The molecule has 2 N–H and O–H groups in total. The van der Waals surface area contributed by atoms with Gasteiger partial charge in [0.05, 0.1) is 6.33 Å². The predicted octanol–water partition coefficient (Wildman–Crippen LogP) is 0.825. The lowest BCUT2D eigenvalue weighted by Gasteiger charge is -2.24. The number of imidazole rings is 1. The van der Waals surface area contributed by atoms with Gasteiger partial charge in [-0.3, -0.25) is 4.79 Å². The summed E-state index contributed by atoms with van der Waals surface area (Å²) in [5, 5.41) is 8.58. The zero-order valence-corrected chi connectivity index (χ0v) is 12.1. The topological polar surface area (TPSA) is 101 Å². The van der Waals surface area contributed by atoms with Crippen molar-refractivity contribution >= 4 is 16.0 Å². The number of aliphatic carboxylic acids is 1. The predicted molar refractivity (Wildman–Crippen MR) is 69.2 cm³/mol. The van der Waals surface area contributed by atoms with Gasteiger partial charge in [-0.1, -0.05) is 0 Å². The average molecular weight is 289 g/mol. The first-order chi connectivity index (χ1) is 8.66. The molecule has 0 spiro atoms. The zero-order chi connectivity index (χ0) is 14.7. The van der Waals surface area contributed by atoms with E-state index in [1.54, 1.807) is 18.4 Å². The summed E-state index contributed by atoms with van der Waals surface area (Å²) < 4.78 is 28.3. The first kappa shape index (κ1) is 15.6. The number of hydrogen-bond donors (Lipinski definition) is 2. The van der Waals surface area contributed by atoms with Crippen molar-refractivity contribution in [2.75, 3.05) is 0 Å². The van der Waals surface area contributed by atoms with Crippen molar-refractivity contribution in [2.24, 2.45) is 0 Å². The molecule has 0 amide bonds. The van der Waals surface area contributed by atoms with Crippen molar-refractivity contribution in [2.45, 2.75) is 50.7 Å². The monoisotopic (exact) mass is 289 g/mol. The molecule has 1 aromatic rings. The number of sulfonamides is 1. The van der Waals surface area contributed by atoms with Gasteiger partial charge < -0.3 is 9.67 Å². The van der Waals surface area contributed by atoms with Crippen LogP contribution in [0, 0.1) is 0 Å². The summed E-state index contributed by atoms with van der Waals surface area (Å²) in [4.78, 5) is 14.4. The first-order valence-electron chi connectivity index (χ1n) is 5.94. The molecule has 0 aliphatic carbocycles. The van der Waals surface area contributed by atoms with Crippen LogP contribution in [0.15, 0.2) is 17.6 Å². The minimum absolute atomic E-state index is 0.0576. The van der Waals surface area contributed by atoms with Crippen LogP contribution in [0.3, 0.4) is 0 Å². The maximum absolute atomic E-state index is 12.1. The van der Waals surface area contributed by atoms with Crippen molar-refractivity contribution in [1.29, 1.82) is 0 Å². The van der Waals surface area contributed by atoms with E-state index in [2.05, 4.69) is 9.71 Å². The molecule has 0 atom stereocenters. The van der Waals surface area contributed by atoms with E-state index in [-0.39, 0.29) is 17.9 Å². The second-order valence-electron chi connectivity index (χ2n) is 4.93. The lowest BCUT2D eigenvalue weighted by atomic mass is 10.0. The van der Waals surface area contributed by atoms with Crippen molar-refractivity contribution in [3.8, 4) is 0 Å². The molecule has 0 bridgehead atoms. The molecule has 0 fully saturated rings. The van der Waals surface area contributed by atoms with Gasteiger partial charge in [0.25, 0.3) is 10.0 Å². The molecule has 0 aliphatic heterocycles.